The van der Waals surface area contributed by atoms with Crippen LogP contribution < -0.4 is 9.47 Å². The van der Waals surface area contributed by atoms with E-state index in [-0.39, 0.29) is 0 Å². The lowest BCUT2D eigenvalue weighted by Crippen LogP contribution is -2.45. The highest BCUT2D eigenvalue weighted by atomic mass is 28.4. The number of carbonyl (C=O) groups is 1. The van der Waals surface area contributed by atoms with Crippen LogP contribution in [-0.4, -0.2) is 54.9 Å². The molecule has 1 aromatic rings. The van der Waals surface area contributed by atoms with Gasteiger partial charge < -0.3 is 27.5 Å². The first-order valence-electron chi connectivity index (χ1n) is 12.6. The summed E-state index contributed by atoms with van der Waals surface area (Å²) in [6, 6.07) is 6.45. The molecule has 34 heavy (non-hydrogen) atoms. The molecule has 0 spiro atoms. The van der Waals surface area contributed by atoms with Crippen LogP contribution in [0, 0.1) is 0 Å². The molecule has 1 rings (SSSR count). The fourth-order valence-corrected chi connectivity index (χ4v) is 6.12. The highest BCUT2D eigenvalue weighted by molar-refractivity contribution is 6.60. The van der Waals surface area contributed by atoms with E-state index in [1.54, 1.807) is 6.08 Å². The lowest BCUT2D eigenvalue weighted by Gasteiger charge is -2.28. The van der Waals surface area contributed by atoms with E-state index < -0.39 is 14.8 Å². The molecule has 0 unspecified atom stereocenters. The highest BCUT2D eigenvalue weighted by Gasteiger charge is 2.39. The molecule has 0 saturated carbocycles. The first-order valence-corrected chi connectivity index (χ1v) is 14.5. The third kappa shape index (κ3) is 12.0. The zero-order valence-corrected chi connectivity index (χ0v) is 22.7. The molecule has 0 aliphatic rings. The summed E-state index contributed by atoms with van der Waals surface area (Å²) in [4.78, 5) is 11.4. The molecule has 0 N–H and O–H groups in total. The standard InChI is InChI=1S/C26H44O7Si/c1-6-10-11-12-19-30-25-22-23(16-18-26(27)28-5)15-17-24(25)29-20-13-14-21-34(31-7-2,32-8-3)33-9-4/h15-18,22H,6-14,19-21H2,1-5H3/b18-16+. The number of esters is 1. The molecule has 0 aliphatic carbocycles. The van der Waals surface area contributed by atoms with Gasteiger partial charge >= 0.3 is 14.8 Å². The summed E-state index contributed by atoms with van der Waals surface area (Å²) in [5, 5.41) is 0. The maximum Gasteiger partial charge on any atom is 0.500 e. The summed E-state index contributed by atoms with van der Waals surface area (Å²) in [5.74, 6) is 0.993. The minimum absolute atomic E-state index is 0.395. The smallest absolute Gasteiger partial charge is 0.490 e. The van der Waals surface area contributed by atoms with Gasteiger partial charge in [-0.15, -0.1) is 0 Å². The Labute approximate surface area is 207 Å². The fraction of sp³-hybridized carbons (Fsp3) is 0.654. The first kappa shape index (κ1) is 30.2. The zero-order valence-electron chi connectivity index (χ0n) is 21.7. The van der Waals surface area contributed by atoms with E-state index in [0.29, 0.717) is 44.5 Å². The maximum atomic E-state index is 11.4. The third-order valence-electron chi connectivity index (χ3n) is 5.06. The number of hydrogen-bond donors (Lipinski definition) is 0. The van der Waals surface area contributed by atoms with Gasteiger partial charge in [0.1, 0.15) is 0 Å². The van der Waals surface area contributed by atoms with Crippen molar-refractivity contribution in [3.8, 4) is 11.5 Å². The Kier molecular flexibility index (Phi) is 16.4. The average Bonchev–Trinajstić information content (AvgIpc) is 2.83. The van der Waals surface area contributed by atoms with Gasteiger partial charge in [-0.25, -0.2) is 4.79 Å². The Morgan fingerprint density at radius 3 is 2.03 bits per heavy atom. The molecule has 0 aliphatic heterocycles. The Balaban J connectivity index is 2.72. The van der Waals surface area contributed by atoms with Crippen molar-refractivity contribution in [1.82, 2.24) is 0 Å². The van der Waals surface area contributed by atoms with Crippen molar-refractivity contribution < 1.29 is 32.3 Å². The summed E-state index contributed by atoms with van der Waals surface area (Å²) >= 11 is 0. The van der Waals surface area contributed by atoms with Crippen molar-refractivity contribution in [2.45, 2.75) is 72.3 Å². The van der Waals surface area contributed by atoms with E-state index >= 15 is 0 Å². The molecule has 0 fully saturated rings. The van der Waals surface area contributed by atoms with Crippen molar-refractivity contribution in [2.75, 3.05) is 40.1 Å². The predicted molar refractivity (Wildman–Crippen MR) is 137 cm³/mol. The molecule has 0 amide bonds. The zero-order chi connectivity index (χ0) is 25.1. The van der Waals surface area contributed by atoms with Crippen LogP contribution in [0.3, 0.4) is 0 Å². The molecule has 0 atom stereocenters. The van der Waals surface area contributed by atoms with Crippen LogP contribution >= 0.6 is 0 Å². The summed E-state index contributed by atoms with van der Waals surface area (Å²) in [6.07, 6.45) is 9.35. The number of benzene rings is 1. The van der Waals surface area contributed by atoms with E-state index in [1.807, 2.05) is 39.0 Å². The normalized spacial score (nSPS) is 11.7. The molecule has 194 valence electrons. The Morgan fingerprint density at radius 1 is 0.824 bits per heavy atom. The van der Waals surface area contributed by atoms with E-state index in [2.05, 4.69) is 11.7 Å². The van der Waals surface area contributed by atoms with E-state index in [1.165, 1.54) is 26.0 Å². The van der Waals surface area contributed by atoms with Gasteiger partial charge in [-0.3, -0.25) is 0 Å². The largest absolute Gasteiger partial charge is 0.500 e. The minimum atomic E-state index is -2.62. The number of methoxy groups -OCH3 is 1. The summed E-state index contributed by atoms with van der Waals surface area (Å²) in [6.45, 7) is 11.0. The van der Waals surface area contributed by atoms with Crippen molar-refractivity contribution in [3.05, 3.63) is 29.8 Å². The van der Waals surface area contributed by atoms with Crippen LogP contribution in [-0.2, 0) is 22.8 Å². The van der Waals surface area contributed by atoms with Gasteiger partial charge in [0.2, 0.25) is 0 Å². The second-order valence-corrected chi connectivity index (χ2v) is 10.5. The number of carbonyl (C=O) groups excluding carboxylic acids is 1. The van der Waals surface area contributed by atoms with Crippen molar-refractivity contribution in [3.63, 3.8) is 0 Å². The summed E-state index contributed by atoms with van der Waals surface area (Å²) in [5.41, 5.74) is 0.849. The molecule has 7 nitrogen and oxygen atoms in total. The Hall–Kier alpha value is -1.87. The monoisotopic (exact) mass is 496 g/mol. The van der Waals surface area contributed by atoms with E-state index in [4.69, 9.17) is 22.8 Å². The van der Waals surface area contributed by atoms with Crippen molar-refractivity contribution in [1.29, 1.82) is 0 Å². The van der Waals surface area contributed by atoms with Crippen LogP contribution in [0.2, 0.25) is 6.04 Å². The molecular weight excluding hydrogens is 452 g/mol. The van der Waals surface area contributed by atoms with Gasteiger partial charge in [-0.2, -0.15) is 0 Å². The lowest BCUT2D eigenvalue weighted by atomic mass is 10.2. The second-order valence-electron chi connectivity index (χ2n) is 7.76. The molecule has 1 aromatic carbocycles. The number of ether oxygens (including phenoxy) is 3. The maximum absolute atomic E-state index is 11.4. The van der Waals surface area contributed by atoms with Crippen molar-refractivity contribution in [2.24, 2.45) is 0 Å². The predicted octanol–water partition coefficient (Wildman–Crippen LogP) is 6.04. The second kappa shape index (κ2) is 18.5. The Morgan fingerprint density at radius 2 is 1.44 bits per heavy atom. The molecule has 0 radical (unpaired) electrons. The van der Waals surface area contributed by atoms with E-state index in [0.717, 1.165) is 37.3 Å². The van der Waals surface area contributed by atoms with E-state index in [9.17, 15) is 4.79 Å². The first-order chi connectivity index (χ1) is 16.5. The quantitative estimate of drug-likeness (QED) is 0.0943. The van der Waals surface area contributed by atoms with Gasteiger partial charge in [-0.1, -0.05) is 32.3 Å². The molecule has 0 bridgehead atoms. The molecular formula is C26H44O7Si. The fourth-order valence-electron chi connectivity index (χ4n) is 3.43. The van der Waals surface area contributed by atoms with Crippen LogP contribution in [0.15, 0.2) is 24.3 Å². The highest BCUT2D eigenvalue weighted by Crippen LogP contribution is 2.30. The molecule has 0 heterocycles. The molecule has 8 heteroatoms. The van der Waals surface area contributed by atoms with Crippen LogP contribution in [0.5, 0.6) is 11.5 Å². The van der Waals surface area contributed by atoms with Gasteiger partial charge in [0.05, 0.1) is 20.3 Å². The van der Waals surface area contributed by atoms with Crippen LogP contribution in [0.1, 0.15) is 71.8 Å². The molecule has 0 aromatic heterocycles. The van der Waals surface area contributed by atoms with Crippen molar-refractivity contribution >= 4 is 20.8 Å². The summed E-state index contributed by atoms with van der Waals surface area (Å²) < 4.78 is 34.5. The van der Waals surface area contributed by atoms with Crippen LogP contribution in [0.25, 0.3) is 6.08 Å². The summed E-state index contributed by atoms with van der Waals surface area (Å²) in [7, 11) is -1.26. The number of rotatable bonds is 20. The average molecular weight is 497 g/mol. The SMILES string of the molecule is CCCCCCOc1cc(/C=C/C(=O)OC)ccc1OCCCC[Si](OCC)(OCC)OCC. The minimum Gasteiger partial charge on any atom is -0.490 e. The number of hydrogen-bond acceptors (Lipinski definition) is 7. The Bertz CT molecular complexity index is 691. The lowest BCUT2D eigenvalue weighted by molar-refractivity contribution is -0.134. The number of unbranched alkanes of at least 4 members (excludes halogenated alkanes) is 4. The van der Waals surface area contributed by atoms with Gasteiger partial charge in [0, 0.05) is 31.9 Å². The van der Waals surface area contributed by atoms with Gasteiger partial charge in [-0.05, 0) is 63.8 Å². The van der Waals surface area contributed by atoms with Gasteiger partial charge in [0.25, 0.3) is 0 Å². The topological polar surface area (TPSA) is 72.5 Å². The van der Waals surface area contributed by atoms with Crippen LogP contribution in [0.4, 0.5) is 0 Å². The molecule has 0 saturated heterocycles. The van der Waals surface area contributed by atoms with Gasteiger partial charge in [0.15, 0.2) is 11.5 Å². The third-order valence-corrected chi connectivity index (χ3v) is 8.22.